The Labute approximate surface area is 145 Å². The number of aromatic nitrogens is 2. The lowest BCUT2D eigenvalue weighted by molar-refractivity contribution is -0.125. The number of carbonyl (C=O) groups is 2. The number of carbonyl (C=O) groups excluding carboxylic acids is 2. The van der Waals surface area contributed by atoms with Crippen LogP contribution in [0.4, 0.5) is 10.1 Å². The minimum Gasteiger partial charge on any atom is -0.346 e. The van der Waals surface area contributed by atoms with Gasteiger partial charge in [0.2, 0.25) is 11.8 Å². The minimum atomic E-state index is -0.419. The van der Waals surface area contributed by atoms with Crippen LogP contribution in [-0.4, -0.2) is 21.4 Å². The van der Waals surface area contributed by atoms with E-state index in [1.165, 1.54) is 18.2 Å². The van der Waals surface area contributed by atoms with Crippen molar-refractivity contribution < 1.29 is 14.0 Å². The summed E-state index contributed by atoms with van der Waals surface area (Å²) in [6.45, 7) is 0. The van der Waals surface area contributed by atoms with E-state index in [0.717, 1.165) is 18.7 Å². The van der Waals surface area contributed by atoms with Crippen LogP contribution < -0.4 is 10.6 Å². The Morgan fingerprint density at radius 2 is 2.08 bits per heavy atom. The monoisotopic (exact) mass is 344 g/mol. The van der Waals surface area contributed by atoms with E-state index in [2.05, 4.69) is 15.6 Å². The van der Waals surface area contributed by atoms with E-state index in [1.807, 2.05) is 17.8 Å². The fourth-order valence-corrected chi connectivity index (χ4v) is 2.76. The van der Waals surface area contributed by atoms with Crippen molar-refractivity contribution in [3.63, 3.8) is 0 Å². The summed E-state index contributed by atoms with van der Waals surface area (Å²) < 4.78 is 15.0. The van der Waals surface area contributed by atoms with Crippen LogP contribution in [0.15, 0.2) is 36.7 Å². The predicted molar refractivity (Wildman–Crippen MR) is 91.1 cm³/mol. The van der Waals surface area contributed by atoms with Gasteiger partial charge in [-0.15, -0.1) is 0 Å². The zero-order chi connectivity index (χ0) is 17.8. The molecule has 1 atom stereocenters. The maximum absolute atomic E-state index is 13.1. The first-order valence-corrected chi connectivity index (χ1v) is 8.35. The third-order valence-electron chi connectivity index (χ3n) is 4.23. The van der Waals surface area contributed by atoms with Crippen LogP contribution >= 0.6 is 0 Å². The molecule has 1 aromatic carbocycles. The number of halogens is 1. The summed E-state index contributed by atoms with van der Waals surface area (Å²) in [5.41, 5.74) is 0.384. The van der Waals surface area contributed by atoms with Gasteiger partial charge in [-0.1, -0.05) is 6.07 Å². The average Bonchev–Trinajstić information content (AvgIpc) is 3.32. The highest BCUT2D eigenvalue weighted by Gasteiger charge is 2.35. The molecule has 3 rings (SSSR count). The van der Waals surface area contributed by atoms with Crippen LogP contribution in [0.2, 0.25) is 0 Å². The van der Waals surface area contributed by atoms with Gasteiger partial charge in [-0.05, 0) is 37.0 Å². The largest absolute Gasteiger partial charge is 0.346 e. The molecule has 0 bridgehead atoms. The van der Waals surface area contributed by atoms with Gasteiger partial charge in [-0.25, -0.2) is 9.37 Å². The maximum Gasteiger partial charge on any atom is 0.224 e. The molecular formula is C18H21FN4O2. The number of hydrogen-bond donors (Lipinski definition) is 2. The molecule has 1 saturated carbocycles. The maximum atomic E-state index is 13.1. The van der Waals surface area contributed by atoms with Gasteiger partial charge in [0.25, 0.3) is 0 Å². The number of imidazole rings is 1. The number of anilines is 1. The van der Waals surface area contributed by atoms with Crippen LogP contribution in [0.3, 0.4) is 0 Å². The molecule has 7 heteroatoms. The van der Waals surface area contributed by atoms with E-state index in [0.29, 0.717) is 11.6 Å². The zero-order valence-corrected chi connectivity index (χ0v) is 14.0. The minimum absolute atomic E-state index is 0.0420. The number of rotatable bonds is 7. The van der Waals surface area contributed by atoms with Gasteiger partial charge in [0.05, 0.1) is 6.04 Å². The molecule has 1 heterocycles. The van der Waals surface area contributed by atoms with E-state index in [9.17, 15) is 14.0 Å². The zero-order valence-electron chi connectivity index (χ0n) is 14.0. The average molecular weight is 344 g/mol. The number of nitrogens with one attached hydrogen (secondary N) is 2. The Hall–Kier alpha value is -2.70. The van der Waals surface area contributed by atoms with E-state index in [4.69, 9.17) is 0 Å². The van der Waals surface area contributed by atoms with Crippen LogP contribution in [0.1, 0.15) is 37.5 Å². The molecule has 6 nitrogen and oxygen atoms in total. The lowest BCUT2D eigenvalue weighted by Gasteiger charge is -2.18. The molecule has 25 heavy (non-hydrogen) atoms. The molecule has 0 spiro atoms. The van der Waals surface area contributed by atoms with Crippen molar-refractivity contribution >= 4 is 17.5 Å². The third kappa shape index (κ3) is 4.65. The summed E-state index contributed by atoms with van der Waals surface area (Å²) in [5, 5.41) is 5.58. The fraction of sp³-hybridized carbons (Fsp3) is 0.389. The lowest BCUT2D eigenvalue weighted by Crippen LogP contribution is -2.32. The quantitative estimate of drug-likeness (QED) is 0.810. The Balaban J connectivity index is 1.50. The van der Waals surface area contributed by atoms with Crippen LogP contribution in [0.5, 0.6) is 0 Å². The van der Waals surface area contributed by atoms with Crippen molar-refractivity contribution in [1.82, 2.24) is 14.9 Å². The number of nitrogens with zero attached hydrogens (tertiary/aromatic N) is 2. The number of hydrogen-bond acceptors (Lipinski definition) is 3. The molecule has 1 aliphatic carbocycles. The lowest BCUT2D eigenvalue weighted by atomic mass is 10.1. The normalized spacial score (nSPS) is 14.8. The Morgan fingerprint density at radius 1 is 1.32 bits per heavy atom. The van der Waals surface area contributed by atoms with Crippen LogP contribution in [0, 0.1) is 11.7 Å². The molecule has 132 valence electrons. The van der Waals surface area contributed by atoms with Gasteiger partial charge in [-0.2, -0.15) is 0 Å². The second-order valence-corrected chi connectivity index (χ2v) is 6.34. The highest BCUT2D eigenvalue weighted by atomic mass is 19.1. The summed E-state index contributed by atoms with van der Waals surface area (Å²) in [4.78, 5) is 28.5. The van der Waals surface area contributed by atoms with Gasteiger partial charge in [0, 0.05) is 38.0 Å². The molecule has 1 fully saturated rings. The first kappa shape index (κ1) is 17.1. The second kappa shape index (κ2) is 7.46. The molecule has 0 saturated heterocycles. The van der Waals surface area contributed by atoms with E-state index < -0.39 is 5.82 Å². The van der Waals surface area contributed by atoms with Crippen molar-refractivity contribution in [3.8, 4) is 0 Å². The Bertz CT molecular complexity index is 770. The molecular weight excluding hydrogens is 323 g/mol. The fourth-order valence-electron chi connectivity index (χ4n) is 2.76. The molecule has 1 aliphatic rings. The summed E-state index contributed by atoms with van der Waals surface area (Å²) in [5.74, 6) is 0.319. The molecule has 1 unspecified atom stereocenters. The van der Waals surface area contributed by atoms with Crippen molar-refractivity contribution in [2.24, 2.45) is 13.0 Å². The van der Waals surface area contributed by atoms with Gasteiger partial charge < -0.3 is 15.2 Å². The smallest absolute Gasteiger partial charge is 0.224 e. The van der Waals surface area contributed by atoms with Crippen molar-refractivity contribution in [3.05, 3.63) is 48.3 Å². The first-order chi connectivity index (χ1) is 12.0. The summed E-state index contributed by atoms with van der Waals surface area (Å²) in [6.07, 6.45) is 5.82. The summed E-state index contributed by atoms with van der Waals surface area (Å²) in [6, 6.07) is 5.55. The van der Waals surface area contributed by atoms with Crippen LogP contribution in [0.25, 0.3) is 0 Å². The first-order valence-electron chi connectivity index (χ1n) is 8.35. The van der Waals surface area contributed by atoms with Crippen molar-refractivity contribution in [1.29, 1.82) is 0 Å². The van der Waals surface area contributed by atoms with Gasteiger partial charge in [0.1, 0.15) is 11.6 Å². The van der Waals surface area contributed by atoms with E-state index >= 15 is 0 Å². The number of aryl methyl sites for hydroxylation is 1. The second-order valence-electron chi connectivity index (χ2n) is 6.34. The summed E-state index contributed by atoms with van der Waals surface area (Å²) in [7, 11) is 1.90. The molecule has 2 amide bonds. The Morgan fingerprint density at radius 3 is 2.72 bits per heavy atom. The highest BCUT2D eigenvalue weighted by Crippen LogP contribution is 2.40. The number of benzene rings is 1. The molecule has 1 aromatic heterocycles. The molecule has 0 aliphatic heterocycles. The summed E-state index contributed by atoms with van der Waals surface area (Å²) >= 11 is 0. The van der Waals surface area contributed by atoms with Gasteiger partial charge in [-0.3, -0.25) is 9.59 Å². The predicted octanol–water partition coefficient (Wildman–Crippen LogP) is 2.55. The Kier molecular flexibility index (Phi) is 5.11. The van der Waals surface area contributed by atoms with Gasteiger partial charge >= 0.3 is 0 Å². The number of amides is 2. The molecule has 2 N–H and O–H groups in total. The third-order valence-corrected chi connectivity index (χ3v) is 4.23. The van der Waals surface area contributed by atoms with Crippen molar-refractivity contribution in [2.75, 3.05) is 5.32 Å². The standard InChI is InChI=1S/C18H21FN4O2/c1-23-10-9-20-18(23)17(12-5-6-12)22-16(25)8-7-15(24)21-14-4-2-3-13(19)11-14/h2-4,9-12,17H,5-8H2,1H3,(H,21,24)(H,22,25). The topological polar surface area (TPSA) is 76.0 Å². The molecule has 2 aromatic rings. The van der Waals surface area contributed by atoms with Crippen LogP contribution in [-0.2, 0) is 16.6 Å². The highest BCUT2D eigenvalue weighted by molar-refractivity contribution is 5.93. The SMILES string of the molecule is Cn1ccnc1C(NC(=O)CCC(=O)Nc1cccc(F)c1)C1CC1. The molecule has 0 radical (unpaired) electrons. The van der Waals surface area contributed by atoms with Crippen molar-refractivity contribution in [2.45, 2.75) is 31.7 Å². The van der Waals surface area contributed by atoms with E-state index in [1.54, 1.807) is 12.3 Å². The van der Waals surface area contributed by atoms with Gasteiger partial charge in [0.15, 0.2) is 0 Å². The van der Waals surface area contributed by atoms with E-state index in [-0.39, 0.29) is 30.7 Å².